The maximum Gasteiger partial charge on any atom is 0.340 e. The number of nitrogens with one attached hydrogen (secondary N) is 1. The number of thioether (sulfide) groups is 1. The molecule has 0 aliphatic carbocycles. The van der Waals surface area contributed by atoms with E-state index in [1.54, 1.807) is 36.1 Å². The first-order chi connectivity index (χ1) is 16.9. The first-order valence-electron chi connectivity index (χ1n) is 11.2. The van der Waals surface area contributed by atoms with Crippen LogP contribution in [-0.2, 0) is 27.3 Å². The quantitative estimate of drug-likeness (QED) is 0.383. The van der Waals surface area contributed by atoms with Crippen LogP contribution in [0.15, 0.2) is 77.7 Å². The molecule has 1 unspecified atom stereocenters. The molecule has 0 radical (unpaired) electrons. The molecule has 0 aromatic heterocycles. The standard InChI is InChI=1S/C27H25FN2O4S/c1-18(26(32)30-15-14-19-6-2-3-7-20(19)16-30)34-27(33)23-8-4-5-9-24(23)35-17-25(31)29-22-12-10-21(28)11-13-22/h2-13,18H,14-17H2,1H3,(H,29,31). The van der Waals surface area contributed by atoms with Gasteiger partial charge < -0.3 is 15.0 Å². The number of amides is 2. The second-order valence-electron chi connectivity index (χ2n) is 8.17. The Morgan fingerprint density at radius 2 is 1.69 bits per heavy atom. The fourth-order valence-electron chi connectivity index (χ4n) is 3.85. The molecule has 35 heavy (non-hydrogen) atoms. The zero-order valence-corrected chi connectivity index (χ0v) is 20.0. The number of hydrogen-bond acceptors (Lipinski definition) is 5. The Balaban J connectivity index is 1.34. The second kappa shape index (κ2) is 11.2. The molecule has 180 valence electrons. The molecule has 0 bridgehead atoms. The number of carbonyl (C=O) groups excluding carboxylic acids is 3. The van der Waals surface area contributed by atoms with Crippen molar-refractivity contribution in [2.75, 3.05) is 17.6 Å². The van der Waals surface area contributed by atoms with Crippen LogP contribution in [0.1, 0.15) is 28.4 Å². The van der Waals surface area contributed by atoms with Gasteiger partial charge in [0.25, 0.3) is 5.91 Å². The third-order valence-corrected chi connectivity index (χ3v) is 6.74. The van der Waals surface area contributed by atoms with Crippen LogP contribution in [0, 0.1) is 5.82 Å². The monoisotopic (exact) mass is 492 g/mol. The van der Waals surface area contributed by atoms with Gasteiger partial charge in [-0.2, -0.15) is 0 Å². The van der Waals surface area contributed by atoms with E-state index in [0.29, 0.717) is 23.7 Å². The zero-order valence-electron chi connectivity index (χ0n) is 19.2. The van der Waals surface area contributed by atoms with Gasteiger partial charge in [0.15, 0.2) is 6.10 Å². The van der Waals surface area contributed by atoms with E-state index in [0.717, 1.165) is 12.0 Å². The lowest BCUT2D eigenvalue weighted by Gasteiger charge is -2.30. The summed E-state index contributed by atoms with van der Waals surface area (Å²) in [6, 6.07) is 20.3. The zero-order chi connectivity index (χ0) is 24.8. The minimum absolute atomic E-state index is 0.0450. The van der Waals surface area contributed by atoms with E-state index in [2.05, 4.69) is 11.4 Å². The van der Waals surface area contributed by atoms with E-state index in [-0.39, 0.29) is 28.9 Å². The van der Waals surface area contributed by atoms with Gasteiger partial charge in [-0.25, -0.2) is 9.18 Å². The number of esters is 1. The lowest BCUT2D eigenvalue weighted by atomic mass is 9.99. The predicted octanol–water partition coefficient (Wildman–Crippen LogP) is 4.69. The van der Waals surface area contributed by atoms with E-state index in [1.165, 1.54) is 41.6 Å². The van der Waals surface area contributed by atoms with Crippen molar-refractivity contribution in [2.24, 2.45) is 0 Å². The topological polar surface area (TPSA) is 75.7 Å². The molecule has 1 aliphatic rings. The molecule has 1 heterocycles. The highest BCUT2D eigenvalue weighted by molar-refractivity contribution is 8.00. The molecule has 2 amide bonds. The van der Waals surface area contributed by atoms with Crippen LogP contribution < -0.4 is 5.32 Å². The first-order valence-corrected chi connectivity index (χ1v) is 12.2. The molecule has 6 nitrogen and oxygen atoms in total. The molecule has 4 rings (SSSR count). The Kier molecular flexibility index (Phi) is 7.82. The van der Waals surface area contributed by atoms with E-state index in [4.69, 9.17) is 4.74 Å². The van der Waals surface area contributed by atoms with Crippen molar-refractivity contribution in [1.29, 1.82) is 0 Å². The van der Waals surface area contributed by atoms with Crippen LogP contribution in [0.4, 0.5) is 10.1 Å². The number of ether oxygens (including phenoxy) is 1. The molecule has 3 aromatic carbocycles. The summed E-state index contributed by atoms with van der Waals surface area (Å²) in [7, 11) is 0. The highest BCUT2D eigenvalue weighted by Crippen LogP contribution is 2.25. The molecule has 0 saturated carbocycles. The van der Waals surface area contributed by atoms with Crippen molar-refractivity contribution >= 4 is 35.2 Å². The molecule has 3 aromatic rings. The Hall–Kier alpha value is -3.65. The van der Waals surface area contributed by atoms with Gasteiger partial charge in [0.05, 0.1) is 11.3 Å². The Morgan fingerprint density at radius 1 is 1.00 bits per heavy atom. The average Bonchev–Trinajstić information content (AvgIpc) is 2.88. The molecule has 0 spiro atoms. The molecular weight excluding hydrogens is 467 g/mol. The van der Waals surface area contributed by atoms with Crippen LogP contribution >= 0.6 is 11.8 Å². The molecule has 1 aliphatic heterocycles. The normalized spacial score (nSPS) is 13.5. The number of nitrogens with zero attached hydrogens (tertiary/aromatic N) is 1. The predicted molar refractivity (Wildman–Crippen MR) is 133 cm³/mol. The lowest BCUT2D eigenvalue weighted by Crippen LogP contribution is -2.42. The fourth-order valence-corrected chi connectivity index (χ4v) is 4.69. The van der Waals surface area contributed by atoms with Crippen molar-refractivity contribution < 1.29 is 23.5 Å². The van der Waals surface area contributed by atoms with Crippen molar-refractivity contribution in [3.05, 3.63) is 95.3 Å². The summed E-state index contributed by atoms with van der Waals surface area (Å²) in [5.41, 5.74) is 3.11. The summed E-state index contributed by atoms with van der Waals surface area (Å²) in [5.74, 6) is -1.49. The first kappa shape index (κ1) is 24.5. The second-order valence-corrected chi connectivity index (χ2v) is 9.18. The number of rotatable bonds is 7. The van der Waals surface area contributed by atoms with Crippen LogP contribution in [0.3, 0.4) is 0 Å². The van der Waals surface area contributed by atoms with Crippen LogP contribution in [-0.4, -0.2) is 41.1 Å². The molecule has 0 fully saturated rings. The van der Waals surface area contributed by atoms with Gasteiger partial charge in [-0.05, 0) is 60.9 Å². The highest BCUT2D eigenvalue weighted by atomic mass is 32.2. The van der Waals surface area contributed by atoms with E-state index < -0.39 is 12.1 Å². The van der Waals surface area contributed by atoms with Crippen molar-refractivity contribution in [2.45, 2.75) is 30.9 Å². The number of fused-ring (bicyclic) bond motifs is 1. The van der Waals surface area contributed by atoms with Gasteiger partial charge in [-0.1, -0.05) is 36.4 Å². The van der Waals surface area contributed by atoms with Gasteiger partial charge >= 0.3 is 5.97 Å². The fraction of sp³-hybridized carbons (Fsp3) is 0.222. The summed E-state index contributed by atoms with van der Waals surface area (Å²) < 4.78 is 18.5. The number of benzene rings is 3. The molecular formula is C27H25FN2O4S. The van der Waals surface area contributed by atoms with Crippen molar-refractivity contribution in [3.63, 3.8) is 0 Å². The van der Waals surface area contributed by atoms with Crippen molar-refractivity contribution in [1.82, 2.24) is 4.90 Å². The lowest BCUT2D eigenvalue weighted by molar-refractivity contribution is -0.140. The van der Waals surface area contributed by atoms with E-state index >= 15 is 0 Å². The average molecular weight is 493 g/mol. The van der Waals surface area contributed by atoms with Gasteiger partial charge in [-0.15, -0.1) is 11.8 Å². The van der Waals surface area contributed by atoms with Gasteiger partial charge in [0.1, 0.15) is 5.82 Å². The third-order valence-electron chi connectivity index (χ3n) is 5.67. The number of hydrogen-bond donors (Lipinski definition) is 1. The number of halogens is 1. The maximum absolute atomic E-state index is 13.0. The van der Waals surface area contributed by atoms with Crippen molar-refractivity contribution in [3.8, 4) is 0 Å². The minimum atomic E-state index is -0.937. The Bertz CT molecular complexity index is 1230. The minimum Gasteiger partial charge on any atom is -0.449 e. The highest BCUT2D eigenvalue weighted by Gasteiger charge is 2.28. The summed E-state index contributed by atoms with van der Waals surface area (Å²) in [6.07, 6.45) is -0.172. The van der Waals surface area contributed by atoms with E-state index in [9.17, 15) is 18.8 Å². The number of anilines is 1. The molecule has 0 saturated heterocycles. The molecule has 8 heteroatoms. The molecule has 1 atom stereocenters. The van der Waals surface area contributed by atoms with E-state index in [1.807, 2.05) is 18.2 Å². The largest absolute Gasteiger partial charge is 0.449 e. The molecule has 1 N–H and O–H groups in total. The summed E-state index contributed by atoms with van der Waals surface area (Å²) in [6.45, 7) is 2.65. The summed E-state index contributed by atoms with van der Waals surface area (Å²) in [5, 5.41) is 2.69. The van der Waals surface area contributed by atoms with Crippen LogP contribution in [0.5, 0.6) is 0 Å². The summed E-state index contributed by atoms with van der Waals surface area (Å²) >= 11 is 1.18. The maximum atomic E-state index is 13.0. The SMILES string of the molecule is CC(OC(=O)c1ccccc1SCC(=O)Nc1ccc(F)cc1)C(=O)N1CCc2ccccc2C1. The van der Waals surface area contributed by atoms with Gasteiger partial charge in [-0.3, -0.25) is 9.59 Å². The smallest absolute Gasteiger partial charge is 0.340 e. The van der Waals surface area contributed by atoms with Gasteiger partial charge in [0, 0.05) is 23.7 Å². The Labute approximate surface area is 207 Å². The van der Waals surface area contributed by atoms with Gasteiger partial charge in [0.2, 0.25) is 5.91 Å². The Morgan fingerprint density at radius 3 is 2.46 bits per heavy atom. The third kappa shape index (κ3) is 6.27. The summed E-state index contributed by atoms with van der Waals surface area (Å²) in [4.78, 5) is 40.4. The number of carbonyl (C=O) groups is 3. The van der Waals surface area contributed by atoms with Crippen LogP contribution in [0.2, 0.25) is 0 Å². The van der Waals surface area contributed by atoms with Crippen LogP contribution in [0.25, 0.3) is 0 Å².